The summed E-state index contributed by atoms with van der Waals surface area (Å²) in [6.07, 6.45) is 1.70. The molecular weight excluding hydrogens is 248 g/mol. The Balaban J connectivity index is 2.59. The third kappa shape index (κ3) is 4.72. The number of halogens is 4. The van der Waals surface area contributed by atoms with Crippen LogP contribution in [0.2, 0.25) is 0 Å². The molecule has 18 heavy (non-hydrogen) atoms. The molecule has 108 valence electrons. The van der Waals surface area contributed by atoms with Gasteiger partial charge in [0.05, 0.1) is 6.54 Å². The molecule has 0 amide bonds. The molecule has 0 aromatic rings. The Kier molecular flexibility index (Phi) is 6.35. The van der Waals surface area contributed by atoms with Gasteiger partial charge in [-0.1, -0.05) is 19.3 Å². The Morgan fingerprint density at radius 2 is 1.78 bits per heavy atom. The Hall–Kier alpha value is -0.360. The van der Waals surface area contributed by atoms with E-state index < -0.39 is 18.9 Å². The zero-order valence-corrected chi connectivity index (χ0v) is 10.6. The standard InChI is InChI=1S/C12H22F4N2/c13-11(14)12(15,16)9-18(8-4-7-17)10-5-2-1-3-6-10/h10-11H,1-9,17H2. The zero-order valence-electron chi connectivity index (χ0n) is 10.6. The van der Waals surface area contributed by atoms with Crippen LogP contribution >= 0.6 is 0 Å². The first-order valence-corrected chi connectivity index (χ1v) is 6.57. The predicted molar refractivity (Wildman–Crippen MR) is 63.1 cm³/mol. The fourth-order valence-corrected chi connectivity index (χ4v) is 2.47. The minimum atomic E-state index is -3.92. The lowest BCUT2D eigenvalue weighted by molar-refractivity contribution is -0.147. The van der Waals surface area contributed by atoms with E-state index in [-0.39, 0.29) is 6.04 Å². The minimum Gasteiger partial charge on any atom is -0.330 e. The molecule has 6 heteroatoms. The molecule has 1 aliphatic rings. The van der Waals surface area contributed by atoms with Crippen LogP contribution in [0.15, 0.2) is 0 Å². The highest BCUT2D eigenvalue weighted by atomic mass is 19.3. The average molecular weight is 270 g/mol. The Morgan fingerprint density at radius 1 is 1.17 bits per heavy atom. The SMILES string of the molecule is NCCCN(CC(F)(F)C(F)F)C1CCCCC1. The maximum absolute atomic E-state index is 13.2. The van der Waals surface area contributed by atoms with Crippen LogP contribution in [0.1, 0.15) is 38.5 Å². The molecule has 0 radical (unpaired) electrons. The maximum Gasteiger partial charge on any atom is 0.319 e. The quantitative estimate of drug-likeness (QED) is 0.721. The van der Waals surface area contributed by atoms with E-state index in [0.29, 0.717) is 19.5 Å². The normalized spacial score (nSPS) is 18.8. The first kappa shape index (κ1) is 15.7. The van der Waals surface area contributed by atoms with Crippen molar-refractivity contribution in [3.8, 4) is 0 Å². The summed E-state index contributed by atoms with van der Waals surface area (Å²) in [6.45, 7) is -0.0811. The fraction of sp³-hybridized carbons (Fsp3) is 1.00. The number of hydrogen-bond acceptors (Lipinski definition) is 2. The van der Waals surface area contributed by atoms with E-state index in [4.69, 9.17) is 5.73 Å². The van der Waals surface area contributed by atoms with Gasteiger partial charge in [0.25, 0.3) is 0 Å². The number of hydrogen-bond donors (Lipinski definition) is 1. The van der Waals surface area contributed by atoms with Gasteiger partial charge in [0, 0.05) is 6.04 Å². The molecule has 0 aliphatic heterocycles. The van der Waals surface area contributed by atoms with Crippen LogP contribution < -0.4 is 5.73 Å². The molecule has 0 heterocycles. The van der Waals surface area contributed by atoms with Crippen molar-refractivity contribution in [1.82, 2.24) is 4.90 Å². The molecule has 0 aromatic heterocycles. The maximum atomic E-state index is 13.2. The molecule has 0 unspecified atom stereocenters. The summed E-state index contributed by atoms with van der Waals surface area (Å²) in [7, 11) is 0. The largest absolute Gasteiger partial charge is 0.330 e. The molecule has 0 spiro atoms. The van der Waals surface area contributed by atoms with Crippen LogP contribution in [0.3, 0.4) is 0 Å². The van der Waals surface area contributed by atoms with Crippen molar-refractivity contribution in [2.45, 2.75) is 56.9 Å². The van der Waals surface area contributed by atoms with E-state index in [0.717, 1.165) is 32.1 Å². The van der Waals surface area contributed by atoms with Crippen molar-refractivity contribution in [1.29, 1.82) is 0 Å². The van der Waals surface area contributed by atoms with E-state index in [1.165, 1.54) is 4.90 Å². The van der Waals surface area contributed by atoms with Crippen LogP contribution in [0, 0.1) is 0 Å². The molecule has 2 N–H and O–H groups in total. The van der Waals surface area contributed by atoms with Gasteiger partial charge in [-0.3, -0.25) is 4.90 Å². The van der Waals surface area contributed by atoms with Gasteiger partial charge in [-0.2, -0.15) is 8.78 Å². The van der Waals surface area contributed by atoms with Gasteiger partial charge in [-0.05, 0) is 32.4 Å². The number of alkyl halides is 4. The van der Waals surface area contributed by atoms with Crippen LogP contribution in [0.5, 0.6) is 0 Å². The van der Waals surface area contributed by atoms with Gasteiger partial charge in [0.1, 0.15) is 0 Å². The smallest absolute Gasteiger partial charge is 0.319 e. The second kappa shape index (κ2) is 7.28. The third-order valence-corrected chi connectivity index (χ3v) is 3.47. The zero-order chi connectivity index (χ0) is 13.6. The Morgan fingerprint density at radius 3 is 2.28 bits per heavy atom. The number of nitrogens with two attached hydrogens (primary N) is 1. The van der Waals surface area contributed by atoms with Crippen molar-refractivity contribution in [3.63, 3.8) is 0 Å². The van der Waals surface area contributed by atoms with E-state index in [1.54, 1.807) is 0 Å². The number of nitrogens with zero attached hydrogens (tertiary/aromatic N) is 1. The van der Waals surface area contributed by atoms with Crippen molar-refractivity contribution in [3.05, 3.63) is 0 Å². The summed E-state index contributed by atoms with van der Waals surface area (Å²) < 4.78 is 50.8. The minimum absolute atomic E-state index is 0.00919. The monoisotopic (exact) mass is 270 g/mol. The van der Waals surface area contributed by atoms with Gasteiger partial charge in [-0.25, -0.2) is 8.78 Å². The Bertz CT molecular complexity index is 230. The molecule has 1 aliphatic carbocycles. The first-order valence-electron chi connectivity index (χ1n) is 6.57. The summed E-state index contributed by atoms with van der Waals surface area (Å²) in [4.78, 5) is 1.51. The molecule has 0 bridgehead atoms. The fourth-order valence-electron chi connectivity index (χ4n) is 2.47. The van der Waals surface area contributed by atoms with Crippen LogP contribution in [0.4, 0.5) is 17.6 Å². The highest BCUT2D eigenvalue weighted by molar-refractivity contribution is 4.82. The van der Waals surface area contributed by atoms with Crippen molar-refractivity contribution in [2.24, 2.45) is 5.73 Å². The number of rotatable bonds is 7. The van der Waals surface area contributed by atoms with Crippen LogP contribution in [-0.4, -0.2) is 42.9 Å². The highest BCUT2D eigenvalue weighted by Crippen LogP contribution is 2.29. The summed E-state index contributed by atoms with van der Waals surface area (Å²) in [5, 5.41) is 0. The van der Waals surface area contributed by atoms with Crippen molar-refractivity contribution >= 4 is 0 Å². The van der Waals surface area contributed by atoms with Gasteiger partial charge in [0.2, 0.25) is 0 Å². The molecule has 0 atom stereocenters. The summed E-state index contributed by atoms with van der Waals surface area (Å²) in [5.74, 6) is -3.92. The second-order valence-corrected chi connectivity index (χ2v) is 4.97. The molecule has 0 saturated heterocycles. The van der Waals surface area contributed by atoms with Crippen molar-refractivity contribution < 1.29 is 17.6 Å². The molecule has 2 nitrogen and oxygen atoms in total. The topological polar surface area (TPSA) is 29.3 Å². The molecule has 0 aromatic carbocycles. The highest BCUT2D eigenvalue weighted by Gasteiger charge is 2.43. The average Bonchev–Trinajstić information content (AvgIpc) is 2.35. The van der Waals surface area contributed by atoms with Gasteiger partial charge in [-0.15, -0.1) is 0 Å². The molecule has 1 rings (SSSR count). The summed E-state index contributed by atoms with van der Waals surface area (Å²) in [5.41, 5.74) is 5.37. The van der Waals surface area contributed by atoms with Gasteiger partial charge >= 0.3 is 12.3 Å². The second-order valence-electron chi connectivity index (χ2n) is 4.97. The molecular formula is C12H22F4N2. The lowest BCUT2D eigenvalue weighted by Crippen LogP contribution is -2.47. The van der Waals surface area contributed by atoms with E-state index in [2.05, 4.69) is 0 Å². The Labute approximate surface area is 106 Å². The lowest BCUT2D eigenvalue weighted by atomic mass is 9.93. The summed E-state index contributed by atoms with van der Waals surface area (Å²) >= 11 is 0. The summed E-state index contributed by atoms with van der Waals surface area (Å²) in [6, 6.07) is 0.00919. The lowest BCUT2D eigenvalue weighted by Gasteiger charge is -2.36. The predicted octanol–water partition coefficient (Wildman–Crippen LogP) is 2.87. The third-order valence-electron chi connectivity index (χ3n) is 3.47. The van der Waals surface area contributed by atoms with Crippen LogP contribution in [-0.2, 0) is 0 Å². The van der Waals surface area contributed by atoms with Crippen molar-refractivity contribution in [2.75, 3.05) is 19.6 Å². The van der Waals surface area contributed by atoms with E-state index in [1.807, 2.05) is 0 Å². The van der Waals surface area contributed by atoms with Gasteiger partial charge < -0.3 is 5.73 Å². The van der Waals surface area contributed by atoms with E-state index >= 15 is 0 Å². The first-order chi connectivity index (χ1) is 8.47. The molecule has 1 fully saturated rings. The van der Waals surface area contributed by atoms with Crippen LogP contribution in [0.25, 0.3) is 0 Å². The molecule has 1 saturated carbocycles. The van der Waals surface area contributed by atoms with E-state index in [9.17, 15) is 17.6 Å². The van der Waals surface area contributed by atoms with Gasteiger partial charge in [0.15, 0.2) is 0 Å².